The Morgan fingerprint density at radius 3 is 2.44 bits per heavy atom. The second-order valence-corrected chi connectivity index (χ2v) is 9.03. The number of piperidine rings is 1. The Balaban J connectivity index is 1.55. The number of hydrogen-bond donors (Lipinski definition) is 1. The van der Waals surface area contributed by atoms with Crippen molar-refractivity contribution in [3.8, 4) is 0 Å². The van der Waals surface area contributed by atoms with Gasteiger partial charge in [-0.25, -0.2) is 9.37 Å². The first-order chi connectivity index (χ1) is 15.3. The molecule has 0 saturated carbocycles. The number of rotatable bonds is 4. The van der Waals surface area contributed by atoms with E-state index in [1.54, 1.807) is 11.0 Å². The molecule has 1 saturated heterocycles. The van der Waals surface area contributed by atoms with Crippen LogP contribution in [0.4, 0.5) is 15.8 Å². The molecule has 0 aliphatic carbocycles. The summed E-state index contributed by atoms with van der Waals surface area (Å²) in [7, 11) is 0. The fraction of sp³-hybridized carbons (Fsp3) is 0.250. The largest absolute Gasteiger partial charge is 0.353 e. The first-order valence-electron chi connectivity index (χ1n) is 10.3. The van der Waals surface area contributed by atoms with Crippen LogP contribution < -0.4 is 5.32 Å². The van der Waals surface area contributed by atoms with E-state index >= 15 is 0 Å². The maximum atomic E-state index is 13.4. The molecule has 1 amide bonds. The van der Waals surface area contributed by atoms with Gasteiger partial charge in [0.05, 0.1) is 11.3 Å². The number of carbonyl (C=O) groups is 1. The summed E-state index contributed by atoms with van der Waals surface area (Å²) in [5, 5.41) is 4.16. The van der Waals surface area contributed by atoms with Crippen LogP contribution in [-0.2, 0) is 0 Å². The smallest absolute Gasteiger partial charge is 0.257 e. The Hall–Kier alpha value is -2.34. The SMILES string of the molecule is Cc1cc(Cl)ccc1Nc1c(C(=O)N2CCC(c3ccc(F)cc3)CC2)cnc(Cl)c1Cl. The first kappa shape index (κ1) is 22.8. The lowest BCUT2D eigenvalue weighted by Gasteiger charge is -2.32. The van der Waals surface area contributed by atoms with Crippen molar-refractivity contribution in [2.75, 3.05) is 18.4 Å². The van der Waals surface area contributed by atoms with Crippen molar-refractivity contribution in [3.63, 3.8) is 0 Å². The molecule has 1 N–H and O–H groups in total. The van der Waals surface area contributed by atoms with Crippen molar-refractivity contribution in [1.29, 1.82) is 0 Å². The molecule has 1 aromatic heterocycles. The van der Waals surface area contributed by atoms with Gasteiger partial charge >= 0.3 is 0 Å². The fourth-order valence-corrected chi connectivity index (χ4v) is 4.54. The van der Waals surface area contributed by atoms with Crippen LogP contribution in [0.25, 0.3) is 0 Å². The van der Waals surface area contributed by atoms with Gasteiger partial charge in [0.1, 0.15) is 16.0 Å². The third-order valence-electron chi connectivity index (χ3n) is 5.78. The maximum Gasteiger partial charge on any atom is 0.257 e. The van der Waals surface area contributed by atoms with Gasteiger partial charge in [-0.3, -0.25) is 4.79 Å². The van der Waals surface area contributed by atoms with Crippen molar-refractivity contribution >= 4 is 52.1 Å². The minimum atomic E-state index is -0.246. The minimum absolute atomic E-state index is 0.118. The second-order valence-electron chi connectivity index (χ2n) is 7.85. The number of pyridine rings is 1. The number of nitrogens with zero attached hydrogens (tertiary/aromatic N) is 2. The zero-order valence-electron chi connectivity index (χ0n) is 17.3. The van der Waals surface area contributed by atoms with E-state index in [0.29, 0.717) is 35.3 Å². The Bertz CT molecular complexity index is 1150. The molecule has 1 aliphatic heterocycles. The molecule has 2 aromatic carbocycles. The Kier molecular flexibility index (Phi) is 6.89. The summed E-state index contributed by atoms with van der Waals surface area (Å²) >= 11 is 18.7. The average Bonchev–Trinajstić information content (AvgIpc) is 2.79. The van der Waals surface area contributed by atoms with E-state index < -0.39 is 0 Å². The molecule has 3 aromatic rings. The quantitative estimate of drug-likeness (QED) is 0.390. The van der Waals surface area contributed by atoms with E-state index in [1.165, 1.54) is 18.3 Å². The summed E-state index contributed by atoms with van der Waals surface area (Å²) in [5.41, 5.74) is 3.54. The van der Waals surface area contributed by atoms with Gasteiger partial charge in [0.15, 0.2) is 0 Å². The van der Waals surface area contributed by atoms with Crippen LogP contribution in [0, 0.1) is 12.7 Å². The van der Waals surface area contributed by atoms with E-state index in [9.17, 15) is 9.18 Å². The van der Waals surface area contributed by atoms with Gasteiger partial charge in [-0.15, -0.1) is 0 Å². The highest BCUT2D eigenvalue weighted by molar-refractivity contribution is 6.43. The van der Waals surface area contributed by atoms with Crippen LogP contribution >= 0.6 is 34.8 Å². The van der Waals surface area contributed by atoms with Crippen molar-refractivity contribution < 1.29 is 9.18 Å². The monoisotopic (exact) mass is 491 g/mol. The Morgan fingerprint density at radius 1 is 1.09 bits per heavy atom. The van der Waals surface area contributed by atoms with Crippen LogP contribution in [-0.4, -0.2) is 28.9 Å². The number of carbonyl (C=O) groups excluding carboxylic acids is 1. The summed E-state index contributed by atoms with van der Waals surface area (Å²) in [5.74, 6) is -0.118. The predicted octanol–water partition coefficient (Wildman–Crippen LogP) is 7.25. The van der Waals surface area contributed by atoms with E-state index in [4.69, 9.17) is 34.8 Å². The predicted molar refractivity (Wildman–Crippen MR) is 128 cm³/mol. The lowest BCUT2D eigenvalue weighted by Crippen LogP contribution is -2.38. The number of anilines is 2. The zero-order valence-corrected chi connectivity index (χ0v) is 19.6. The van der Waals surface area contributed by atoms with Crippen molar-refractivity contribution in [1.82, 2.24) is 9.88 Å². The number of aryl methyl sites for hydroxylation is 1. The van der Waals surface area contributed by atoms with E-state index in [-0.39, 0.29) is 21.9 Å². The molecule has 0 bridgehead atoms. The van der Waals surface area contributed by atoms with E-state index in [1.807, 2.05) is 31.2 Å². The number of benzene rings is 2. The van der Waals surface area contributed by atoms with Gasteiger partial charge in [-0.2, -0.15) is 0 Å². The summed E-state index contributed by atoms with van der Waals surface area (Å²) < 4.78 is 13.2. The summed E-state index contributed by atoms with van der Waals surface area (Å²) in [6, 6.07) is 12.0. The molecule has 0 spiro atoms. The lowest BCUT2D eigenvalue weighted by molar-refractivity contribution is 0.0713. The van der Waals surface area contributed by atoms with Gasteiger partial charge in [-0.1, -0.05) is 46.9 Å². The summed E-state index contributed by atoms with van der Waals surface area (Å²) in [4.78, 5) is 19.3. The minimum Gasteiger partial charge on any atom is -0.353 e. The van der Waals surface area contributed by atoms with E-state index in [0.717, 1.165) is 29.7 Å². The van der Waals surface area contributed by atoms with Crippen LogP contribution in [0.5, 0.6) is 0 Å². The molecule has 1 aliphatic rings. The van der Waals surface area contributed by atoms with Crippen LogP contribution in [0.2, 0.25) is 15.2 Å². The fourth-order valence-electron chi connectivity index (χ4n) is 3.97. The van der Waals surface area contributed by atoms with Crippen molar-refractivity contribution in [2.24, 2.45) is 0 Å². The maximum absolute atomic E-state index is 13.4. The molecule has 0 radical (unpaired) electrons. The summed E-state index contributed by atoms with van der Waals surface area (Å²) in [6.45, 7) is 3.08. The van der Waals surface area contributed by atoms with Crippen LogP contribution in [0.1, 0.15) is 40.2 Å². The van der Waals surface area contributed by atoms with Gasteiger partial charge in [0.25, 0.3) is 5.91 Å². The number of halogens is 4. The van der Waals surface area contributed by atoms with E-state index in [2.05, 4.69) is 10.3 Å². The third-order valence-corrected chi connectivity index (χ3v) is 6.77. The lowest BCUT2D eigenvalue weighted by atomic mass is 9.89. The topological polar surface area (TPSA) is 45.2 Å². The molecule has 1 fully saturated rings. The van der Waals surface area contributed by atoms with Gasteiger partial charge in [0.2, 0.25) is 0 Å². The molecule has 0 atom stereocenters. The highest BCUT2D eigenvalue weighted by atomic mass is 35.5. The highest BCUT2D eigenvalue weighted by Gasteiger charge is 2.28. The number of nitrogens with one attached hydrogen (secondary N) is 1. The highest BCUT2D eigenvalue weighted by Crippen LogP contribution is 2.36. The number of hydrogen-bond acceptors (Lipinski definition) is 3. The molecule has 4 rings (SSSR count). The van der Waals surface area contributed by atoms with Gasteiger partial charge in [0, 0.05) is 30.0 Å². The number of amides is 1. The molecular weight excluding hydrogens is 472 g/mol. The zero-order chi connectivity index (χ0) is 22.8. The van der Waals surface area contributed by atoms with Crippen LogP contribution in [0.3, 0.4) is 0 Å². The molecule has 4 nitrogen and oxygen atoms in total. The average molecular weight is 493 g/mol. The third kappa shape index (κ3) is 4.85. The Labute approximate surface area is 201 Å². The number of aromatic nitrogens is 1. The van der Waals surface area contributed by atoms with Gasteiger partial charge in [-0.05, 0) is 67.1 Å². The normalized spacial score (nSPS) is 14.5. The molecule has 32 heavy (non-hydrogen) atoms. The second kappa shape index (κ2) is 9.65. The molecular formula is C24H21Cl3FN3O. The summed E-state index contributed by atoms with van der Waals surface area (Å²) in [6.07, 6.45) is 3.05. The standard InChI is InChI=1S/C24H21Cl3FN3O/c1-14-12-17(25)4-7-20(14)30-22-19(13-29-23(27)21(22)26)24(32)31-10-8-16(9-11-31)15-2-5-18(28)6-3-15/h2-7,12-13,16H,8-11H2,1H3,(H,29,30). The van der Waals surface area contributed by atoms with Crippen molar-refractivity contribution in [3.05, 3.63) is 86.4 Å². The molecule has 166 valence electrons. The van der Waals surface area contributed by atoms with Crippen LogP contribution in [0.15, 0.2) is 48.7 Å². The first-order valence-corrected chi connectivity index (χ1v) is 11.4. The Morgan fingerprint density at radius 2 is 1.78 bits per heavy atom. The molecule has 2 heterocycles. The molecule has 0 unspecified atom stereocenters. The van der Waals surface area contributed by atoms with Gasteiger partial charge < -0.3 is 10.2 Å². The van der Waals surface area contributed by atoms with Crippen molar-refractivity contribution in [2.45, 2.75) is 25.7 Å². The number of likely N-dealkylation sites (tertiary alicyclic amines) is 1. The molecule has 8 heteroatoms.